The van der Waals surface area contributed by atoms with Crippen LogP contribution >= 0.6 is 0 Å². The fourth-order valence-electron chi connectivity index (χ4n) is 12.3. The maximum absolute atomic E-state index is 12.0. The number of carbonyl (C=O) groups excluding carboxylic acids is 1. The van der Waals surface area contributed by atoms with Gasteiger partial charge in [-0.3, -0.25) is 4.79 Å². The second-order valence-electron chi connectivity index (χ2n) is 17.5. The van der Waals surface area contributed by atoms with Crippen molar-refractivity contribution in [1.82, 2.24) is 0 Å². The Morgan fingerprint density at radius 3 is 2.35 bits per heavy atom. The van der Waals surface area contributed by atoms with Crippen LogP contribution in [-0.4, -0.2) is 18.6 Å². The van der Waals surface area contributed by atoms with Crippen molar-refractivity contribution in [3.05, 3.63) is 23.8 Å². The second-order valence-corrected chi connectivity index (χ2v) is 17.5. The maximum Gasteiger partial charge on any atom is 0.306 e. The van der Waals surface area contributed by atoms with Crippen LogP contribution in [0.25, 0.3) is 0 Å². The number of nitrogens with two attached hydrogens (primary N) is 1. The lowest BCUT2D eigenvalue weighted by molar-refractivity contribution is -0.219. The Kier molecular flexibility index (Phi) is 7.38. The highest BCUT2D eigenvalue weighted by Crippen LogP contribution is 2.76. The SMILES string of the molecule is C=C(C)[C@@H]1CC[C@]2(N)CC[C@]3(C)[C@H](CC[C@@H]4[C@@]5(C)CC=C(CCC(C)(C)CC(=O)OC)C(C)(C)[C@@H]5CC[C@]43C)[C@@H]12. The summed E-state index contributed by atoms with van der Waals surface area (Å²) in [6, 6.07) is 0. The molecule has 3 heteroatoms. The van der Waals surface area contributed by atoms with Crippen molar-refractivity contribution < 1.29 is 9.53 Å². The summed E-state index contributed by atoms with van der Waals surface area (Å²) in [4.78, 5) is 12.0. The van der Waals surface area contributed by atoms with E-state index in [1.807, 2.05) is 0 Å². The van der Waals surface area contributed by atoms with Gasteiger partial charge in [0, 0.05) is 5.54 Å². The van der Waals surface area contributed by atoms with Crippen LogP contribution in [0, 0.1) is 56.7 Å². The number of carbonyl (C=O) groups is 1. The number of hydrogen-bond donors (Lipinski definition) is 1. The molecule has 0 unspecified atom stereocenters. The van der Waals surface area contributed by atoms with Crippen molar-refractivity contribution in [1.29, 1.82) is 0 Å². The fourth-order valence-corrected chi connectivity index (χ4v) is 12.3. The molecule has 9 atom stereocenters. The molecule has 0 saturated heterocycles. The third-order valence-electron chi connectivity index (χ3n) is 14.8. The molecule has 5 rings (SSSR count). The monoisotopic (exact) mass is 551 g/mol. The molecule has 0 spiro atoms. The molecule has 0 amide bonds. The molecule has 0 aromatic rings. The third kappa shape index (κ3) is 4.32. The Morgan fingerprint density at radius 2 is 1.70 bits per heavy atom. The summed E-state index contributed by atoms with van der Waals surface area (Å²) in [5.41, 5.74) is 11.6. The van der Waals surface area contributed by atoms with Gasteiger partial charge in [-0.05, 0) is 134 Å². The second kappa shape index (κ2) is 9.72. The van der Waals surface area contributed by atoms with E-state index in [0.29, 0.717) is 40.4 Å². The molecule has 40 heavy (non-hydrogen) atoms. The first-order valence-corrected chi connectivity index (χ1v) is 16.7. The number of allylic oxidation sites excluding steroid dienone is 3. The minimum absolute atomic E-state index is 0.0320. The highest BCUT2D eigenvalue weighted by Gasteiger charge is 2.69. The molecule has 0 aromatic heterocycles. The van der Waals surface area contributed by atoms with Crippen molar-refractivity contribution in [3.63, 3.8) is 0 Å². The van der Waals surface area contributed by atoms with Crippen molar-refractivity contribution in [2.24, 2.45) is 62.4 Å². The Bertz CT molecular complexity index is 1070. The summed E-state index contributed by atoms with van der Waals surface area (Å²) >= 11 is 0. The van der Waals surface area contributed by atoms with Crippen LogP contribution in [0.2, 0.25) is 0 Å². The van der Waals surface area contributed by atoms with E-state index in [4.69, 9.17) is 10.5 Å². The van der Waals surface area contributed by atoms with Gasteiger partial charge < -0.3 is 10.5 Å². The Hall–Kier alpha value is -1.09. The summed E-state index contributed by atoms with van der Waals surface area (Å²) in [7, 11) is 1.50. The van der Waals surface area contributed by atoms with E-state index >= 15 is 0 Å². The van der Waals surface area contributed by atoms with Gasteiger partial charge >= 0.3 is 5.97 Å². The van der Waals surface area contributed by atoms with Gasteiger partial charge in [-0.15, -0.1) is 0 Å². The van der Waals surface area contributed by atoms with Gasteiger partial charge in [-0.25, -0.2) is 0 Å². The van der Waals surface area contributed by atoms with Gasteiger partial charge in [0.25, 0.3) is 0 Å². The normalized spacial score (nSPS) is 45.9. The molecule has 5 aliphatic rings. The topological polar surface area (TPSA) is 52.3 Å². The molecule has 3 nitrogen and oxygen atoms in total. The number of fused-ring (bicyclic) bond motifs is 7. The average molecular weight is 552 g/mol. The van der Waals surface area contributed by atoms with Crippen LogP contribution in [0.15, 0.2) is 23.8 Å². The summed E-state index contributed by atoms with van der Waals surface area (Å²) in [6.07, 6.45) is 16.9. The summed E-state index contributed by atoms with van der Waals surface area (Å²) in [5, 5.41) is 0. The maximum atomic E-state index is 12.0. The van der Waals surface area contributed by atoms with E-state index in [1.54, 1.807) is 5.57 Å². The quantitative estimate of drug-likeness (QED) is 0.264. The van der Waals surface area contributed by atoms with Crippen LogP contribution in [0.3, 0.4) is 0 Å². The minimum Gasteiger partial charge on any atom is -0.469 e. The first-order valence-electron chi connectivity index (χ1n) is 16.7. The molecule has 226 valence electrons. The van der Waals surface area contributed by atoms with Gasteiger partial charge in [0.15, 0.2) is 0 Å². The third-order valence-corrected chi connectivity index (χ3v) is 14.8. The Labute approximate surface area is 246 Å². The van der Waals surface area contributed by atoms with Crippen LogP contribution in [0.4, 0.5) is 0 Å². The summed E-state index contributed by atoms with van der Waals surface area (Å²) in [6.45, 7) is 24.4. The van der Waals surface area contributed by atoms with Gasteiger partial charge in [0.05, 0.1) is 13.5 Å². The van der Waals surface area contributed by atoms with E-state index in [2.05, 4.69) is 68.0 Å². The zero-order valence-electron chi connectivity index (χ0n) is 27.6. The van der Waals surface area contributed by atoms with Crippen molar-refractivity contribution in [2.45, 2.75) is 138 Å². The van der Waals surface area contributed by atoms with E-state index < -0.39 is 0 Å². The molecule has 0 aliphatic heterocycles. The highest BCUT2D eigenvalue weighted by molar-refractivity contribution is 5.69. The van der Waals surface area contributed by atoms with E-state index in [1.165, 1.54) is 70.5 Å². The highest BCUT2D eigenvalue weighted by atomic mass is 16.5. The molecule has 4 fully saturated rings. The first-order chi connectivity index (χ1) is 18.5. The molecule has 4 saturated carbocycles. The molecule has 0 heterocycles. The average Bonchev–Trinajstić information content (AvgIpc) is 3.21. The molecular formula is C37H61NO2. The van der Waals surface area contributed by atoms with Crippen molar-refractivity contribution in [2.75, 3.05) is 7.11 Å². The van der Waals surface area contributed by atoms with Gasteiger partial charge in [0.2, 0.25) is 0 Å². The lowest BCUT2D eigenvalue weighted by atomic mass is 9.33. The molecule has 0 aromatic carbocycles. The Balaban J connectivity index is 1.42. The molecule has 0 radical (unpaired) electrons. The van der Waals surface area contributed by atoms with Crippen LogP contribution < -0.4 is 5.73 Å². The van der Waals surface area contributed by atoms with E-state index in [0.717, 1.165) is 24.7 Å². The lowest BCUT2D eigenvalue weighted by Gasteiger charge is -2.72. The molecule has 5 aliphatic carbocycles. The number of esters is 1. The number of hydrogen-bond acceptors (Lipinski definition) is 3. The largest absolute Gasteiger partial charge is 0.469 e. The fraction of sp³-hybridized carbons (Fsp3) is 0.865. The summed E-state index contributed by atoms with van der Waals surface area (Å²) < 4.78 is 4.99. The lowest BCUT2D eigenvalue weighted by Crippen LogP contribution is -2.67. The number of methoxy groups -OCH3 is 1. The minimum atomic E-state index is -0.0908. The zero-order valence-corrected chi connectivity index (χ0v) is 27.6. The van der Waals surface area contributed by atoms with Gasteiger partial charge in [-0.2, -0.15) is 0 Å². The van der Waals surface area contributed by atoms with Crippen molar-refractivity contribution in [3.8, 4) is 0 Å². The predicted molar refractivity (Wildman–Crippen MR) is 167 cm³/mol. The van der Waals surface area contributed by atoms with Crippen LogP contribution in [-0.2, 0) is 9.53 Å². The van der Waals surface area contributed by atoms with Crippen LogP contribution in [0.1, 0.15) is 132 Å². The standard InChI is InChI=1S/C37H61NO2/c1-24(2)26-15-20-37(38)22-21-35(8)27(31(26)37)11-12-29-34(7)18-14-25(13-17-32(3,4)23-30(39)40-10)33(5,6)28(34)16-19-36(29,35)9/h14,26-29,31H,1,11-13,15-23,38H2,2-10H3/t26-,27+,28-,29+,31+,34-,35+,36+,37-/m0/s1. The predicted octanol–water partition coefficient (Wildman–Crippen LogP) is 9.26. The van der Waals surface area contributed by atoms with E-state index in [9.17, 15) is 4.79 Å². The van der Waals surface area contributed by atoms with Crippen LogP contribution in [0.5, 0.6) is 0 Å². The van der Waals surface area contributed by atoms with Crippen molar-refractivity contribution >= 4 is 5.97 Å². The summed E-state index contributed by atoms with van der Waals surface area (Å²) in [5.74, 6) is 3.36. The van der Waals surface area contributed by atoms with Gasteiger partial charge in [0.1, 0.15) is 0 Å². The Morgan fingerprint density at radius 1 is 1.00 bits per heavy atom. The first kappa shape index (κ1) is 30.4. The van der Waals surface area contributed by atoms with E-state index in [-0.39, 0.29) is 22.3 Å². The molecule has 2 N–H and O–H groups in total. The van der Waals surface area contributed by atoms with Gasteiger partial charge in [-0.1, -0.05) is 72.3 Å². The number of rotatable bonds is 6. The number of ether oxygens (including phenoxy) is 1. The smallest absolute Gasteiger partial charge is 0.306 e. The molecule has 0 bridgehead atoms. The molecular weight excluding hydrogens is 490 g/mol. The zero-order chi connectivity index (χ0) is 29.5.